The number of nitrogens with zero attached hydrogens (tertiary/aromatic N) is 2. The average Bonchev–Trinajstić information content (AvgIpc) is 2.34. The minimum atomic E-state index is -0.594. The molecule has 0 radical (unpaired) electrons. The molecule has 6 nitrogen and oxygen atoms in total. The van der Waals surface area contributed by atoms with E-state index in [9.17, 15) is 14.9 Å². The van der Waals surface area contributed by atoms with Crippen molar-refractivity contribution in [3.8, 4) is 6.07 Å². The number of halogens is 1. The normalized spacial score (nSPS) is 9.56. The second kappa shape index (κ2) is 6.57. The van der Waals surface area contributed by atoms with Crippen LogP contribution in [0, 0.1) is 21.4 Å². The van der Waals surface area contributed by atoms with Crippen LogP contribution in [0.25, 0.3) is 0 Å². The lowest BCUT2D eigenvalue weighted by Crippen LogP contribution is -2.24. The second-order valence-electron chi connectivity index (χ2n) is 3.44. The summed E-state index contributed by atoms with van der Waals surface area (Å²) < 4.78 is 0. The lowest BCUT2D eigenvalue weighted by atomic mass is 10.2. The van der Waals surface area contributed by atoms with Crippen LogP contribution in [0.5, 0.6) is 0 Å². The number of carbonyl (C=O) groups excluding carboxylic acids is 1. The van der Waals surface area contributed by atoms with Gasteiger partial charge >= 0.3 is 0 Å². The molecule has 0 fully saturated rings. The van der Waals surface area contributed by atoms with Crippen LogP contribution in [0.1, 0.15) is 23.2 Å². The van der Waals surface area contributed by atoms with Crippen molar-refractivity contribution in [1.29, 1.82) is 5.26 Å². The van der Waals surface area contributed by atoms with Gasteiger partial charge in [-0.2, -0.15) is 5.26 Å². The van der Waals surface area contributed by atoms with Crippen molar-refractivity contribution in [2.45, 2.75) is 12.8 Å². The van der Waals surface area contributed by atoms with E-state index < -0.39 is 10.8 Å². The number of nitriles is 1. The average molecular weight is 268 g/mol. The Balaban J connectivity index is 2.76. The van der Waals surface area contributed by atoms with Gasteiger partial charge in [-0.3, -0.25) is 14.9 Å². The summed E-state index contributed by atoms with van der Waals surface area (Å²) in [5, 5.41) is 21.6. The van der Waals surface area contributed by atoms with E-state index in [4.69, 9.17) is 16.9 Å². The number of amides is 1. The summed E-state index contributed by atoms with van der Waals surface area (Å²) in [6, 6.07) is 5.62. The Morgan fingerprint density at radius 2 is 2.28 bits per heavy atom. The number of benzene rings is 1. The molecule has 0 aliphatic carbocycles. The van der Waals surface area contributed by atoms with Crippen LogP contribution in [0.2, 0.25) is 5.02 Å². The first-order valence-electron chi connectivity index (χ1n) is 5.15. The quantitative estimate of drug-likeness (QED) is 0.503. The molecule has 0 aliphatic heterocycles. The molecule has 1 aromatic rings. The van der Waals surface area contributed by atoms with Gasteiger partial charge in [-0.25, -0.2) is 0 Å². The number of nitro benzene ring substituents is 1. The van der Waals surface area contributed by atoms with E-state index >= 15 is 0 Å². The monoisotopic (exact) mass is 267 g/mol. The third-order valence-corrected chi connectivity index (χ3v) is 2.49. The van der Waals surface area contributed by atoms with Crippen LogP contribution < -0.4 is 5.32 Å². The molecule has 0 aliphatic rings. The summed E-state index contributed by atoms with van der Waals surface area (Å²) in [4.78, 5) is 21.7. The lowest BCUT2D eigenvalue weighted by molar-refractivity contribution is -0.384. The Labute approximate surface area is 108 Å². The second-order valence-corrected chi connectivity index (χ2v) is 3.85. The van der Waals surface area contributed by atoms with Gasteiger partial charge in [0, 0.05) is 25.1 Å². The van der Waals surface area contributed by atoms with E-state index in [-0.39, 0.29) is 16.3 Å². The van der Waals surface area contributed by atoms with Crippen LogP contribution in [-0.4, -0.2) is 17.4 Å². The van der Waals surface area contributed by atoms with Gasteiger partial charge in [0.05, 0.1) is 21.6 Å². The molecule has 0 heterocycles. The van der Waals surface area contributed by atoms with E-state index in [1.54, 1.807) is 0 Å². The van der Waals surface area contributed by atoms with Crippen molar-refractivity contribution in [2.24, 2.45) is 0 Å². The Bertz CT molecular complexity index is 511. The third-order valence-electron chi connectivity index (χ3n) is 2.16. The summed E-state index contributed by atoms with van der Waals surface area (Å²) in [6.45, 7) is 0.325. The standard InChI is InChI=1S/C11H10ClN3O3/c12-10-4-3-8(15(17)18)7-9(10)11(16)14-6-2-1-5-13/h3-4,7H,1-2,6H2,(H,14,16). The molecule has 0 bridgehead atoms. The zero-order chi connectivity index (χ0) is 13.5. The number of carbonyl (C=O) groups is 1. The fourth-order valence-electron chi connectivity index (χ4n) is 1.27. The van der Waals surface area contributed by atoms with Gasteiger partial charge in [0.1, 0.15) is 0 Å². The summed E-state index contributed by atoms with van der Waals surface area (Å²) in [5.74, 6) is -0.485. The largest absolute Gasteiger partial charge is 0.352 e. The highest BCUT2D eigenvalue weighted by Crippen LogP contribution is 2.21. The van der Waals surface area contributed by atoms with Crippen LogP contribution in [0.4, 0.5) is 5.69 Å². The van der Waals surface area contributed by atoms with Gasteiger partial charge in [-0.15, -0.1) is 0 Å². The minimum Gasteiger partial charge on any atom is -0.352 e. The summed E-state index contributed by atoms with van der Waals surface area (Å²) in [5.41, 5.74) is -0.135. The fourth-order valence-corrected chi connectivity index (χ4v) is 1.47. The van der Waals surface area contributed by atoms with E-state index in [2.05, 4.69) is 5.32 Å². The molecule has 0 aromatic heterocycles. The number of nitro groups is 1. The Kier molecular flexibility index (Phi) is 5.08. The number of non-ortho nitro benzene ring substituents is 1. The molecular formula is C11H10ClN3O3. The van der Waals surface area contributed by atoms with Gasteiger partial charge in [0.15, 0.2) is 0 Å². The van der Waals surface area contributed by atoms with Crippen LogP contribution in [0.15, 0.2) is 18.2 Å². The molecule has 1 N–H and O–H groups in total. The highest BCUT2D eigenvalue weighted by atomic mass is 35.5. The SMILES string of the molecule is N#CCCCNC(=O)c1cc([N+](=O)[O-])ccc1Cl. The maximum atomic E-state index is 11.7. The van der Waals surface area contributed by atoms with Crippen molar-refractivity contribution in [3.63, 3.8) is 0 Å². The minimum absolute atomic E-state index is 0.0582. The third kappa shape index (κ3) is 3.71. The topological polar surface area (TPSA) is 96.0 Å². The number of unbranched alkanes of at least 4 members (excludes halogenated alkanes) is 1. The highest BCUT2D eigenvalue weighted by Gasteiger charge is 2.15. The van der Waals surface area contributed by atoms with Crippen LogP contribution >= 0.6 is 11.6 Å². The highest BCUT2D eigenvalue weighted by molar-refractivity contribution is 6.33. The van der Waals surface area contributed by atoms with Crippen molar-refractivity contribution >= 4 is 23.2 Å². The van der Waals surface area contributed by atoms with E-state index in [1.807, 2.05) is 6.07 Å². The Morgan fingerprint density at radius 3 is 2.89 bits per heavy atom. The molecule has 1 rings (SSSR count). The lowest BCUT2D eigenvalue weighted by Gasteiger charge is -2.05. The number of nitrogens with one attached hydrogen (secondary N) is 1. The Hall–Kier alpha value is -2.13. The molecule has 0 saturated carbocycles. The number of rotatable bonds is 5. The van der Waals surface area contributed by atoms with Crippen molar-refractivity contribution in [3.05, 3.63) is 38.9 Å². The Morgan fingerprint density at radius 1 is 1.56 bits per heavy atom. The van der Waals surface area contributed by atoms with E-state index in [1.165, 1.54) is 12.1 Å². The molecule has 1 aromatic carbocycles. The van der Waals surface area contributed by atoms with E-state index in [0.29, 0.717) is 19.4 Å². The summed E-state index contributed by atoms with van der Waals surface area (Å²) >= 11 is 5.80. The number of hydrogen-bond donors (Lipinski definition) is 1. The molecule has 94 valence electrons. The molecule has 0 spiro atoms. The van der Waals surface area contributed by atoms with Gasteiger partial charge in [-0.1, -0.05) is 11.6 Å². The van der Waals surface area contributed by atoms with Crippen molar-refractivity contribution in [2.75, 3.05) is 6.54 Å². The molecule has 7 heteroatoms. The smallest absolute Gasteiger partial charge is 0.270 e. The van der Waals surface area contributed by atoms with Gasteiger partial charge in [0.25, 0.3) is 11.6 Å². The summed E-state index contributed by atoms with van der Waals surface area (Å²) in [7, 11) is 0. The van der Waals surface area contributed by atoms with Gasteiger partial charge in [0.2, 0.25) is 0 Å². The zero-order valence-electron chi connectivity index (χ0n) is 9.35. The first-order valence-corrected chi connectivity index (χ1v) is 5.53. The molecule has 0 saturated heterocycles. The predicted molar refractivity (Wildman–Crippen MR) is 65.3 cm³/mol. The predicted octanol–water partition coefficient (Wildman–Crippen LogP) is 2.28. The summed E-state index contributed by atoms with van der Waals surface area (Å²) in [6.07, 6.45) is 0.859. The molecule has 1 amide bonds. The first-order chi connectivity index (χ1) is 8.56. The first kappa shape index (κ1) is 13.9. The van der Waals surface area contributed by atoms with Crippen LogP contribution in [-0.2, 0) is 0 Å². The number of hydrogen-bond acceptors (Lipinski definition) is 4. The van der Waals surface area contributed by atoms with Gasteiger partial charge in [-0.05, 0) is 12.5 Å². The van der Waals surface area contributed by atoms with Crippen LogP contribution in [0.3, 0.4) is 0 Å². The van der Waals surface area contributed by atoms with Crippen molar-refractivity contribution < 1.29 is 9.72 Å². The van der Waals surface area contributed by atoms with Gasteiger partial charge < -0.3 is 5.32 Å². The van der Waals surface area contributed by atoms with Crippen molar-refractivity contribution in [1.82, 2.24) is 5.32 Å². The molecule has 18 heavy (non-hydrogen) atoms. The maximum absolute atomic E-state index is 11.7. The molecule has 0 unspecified atom stereocenters. The molecular weight excluding hydrogens is 258 g/mol. The van der Waals surface area contributed by atoms with E-state index in [0.717, 1.165) is 6.07 Å². The zero-order valence-corrected chi connectivity index (χ0v) is 10.1. The molecule has 0 atom stereocenters. The fraction of sp³-hybridized carbons (Fsp3) is 0.273. The maximum Gasteiger partial charge on any atom is 0.270 e.